The van der Waals surface area contributed by atoms with E-state index in [1.165, 1.54) is 0 Å². The van der Waals surface area contributed by atoms with E-state index in [-0.39, 0.29) is 12.5 Å². The molecule has 0 unspecified atom stereocenters. The minimum Gasteiger partial charge on any atom is -0.465 e. The van der Waals surface area contributed by atoms with E-state index in [0.717, 1.165) is 18.5 Å². The molecule has 0 bridgehead atoms. The third-order valence-corrected chi connectivity index (χ3v) is 3.22. The van der Waals surface area contributed by atoms with Crippen LogP contribution in [0.25, 0.3) is 0 Å². The van der Waals surface area contributed by atoms with Crippen LogP contribution in [-0.2, 0) is 9.53 Å². The van der Waals surface area contributed by atoms with Gasteiger partial charge in [-0.15, -0.1) is 0 Å². The number of halogens is 1. The molecule has 0 aromatic heterocycles. The van der Waals surface area contributed by atoms with Crippen molar-refractivity contribution in [3.05, 3.63) is 28.8 Å². The van der Waals surface area contributed by atoms with Gasteiger partial charge in [0, 0.05) is 11.1 Å². The van der Waals surface area contributed by atoms with Crippen molar-refractivity contribution >= 4 is 23.3 Å². The van der Waals surface area contributed by atoms with Gasteiger partial charge in [0.05, 0.1) is 17.9 Å². The summed E-state index contributed by atoms with van der Waals surface area (Å²) >= 11 is 5.89. The Morgan fingerprint density at radius 2 is 2.32 bits per heavy atom. The lowest BCUT2D eigenvalue weighted by Crippen LogP contribution is -2.33. The van der Waals surface area contributed by atoms with Gasteiger partial charge in [-0.3, -0.25) is 4.79 Å². The van der Waals surface area contributed by atoms with Crippen molar-refractivity contribution < 1.29 is 9.53 Å². The second kappa shape index (κ2) is 5.94. The quantitative estimate of drug-likeness (QED) is 0.777. The van der Waals surface area contributed by atoms with Crippen molar-refractivity contribution in [3.63, 3.8) is 0 Å². The number of hydrogen-bond donors (Lipinski definition) is 0. The third kappa shape index (κ3) is 3.39. The summed E-state index contributed by atoms with van der Waals surface area (Å²) in [5.74, 6) is -0.270. The van der Waals surface area contributed by atoms with Crippen molar-refractivity contribution in [1.29, 1.82) is 5.26 Å². The van der Waals surface area contributed by atoms with Gasteiger partial charge in [0.1, 0.15) is 12.6 Å². The Labute approximate surface area is 117 Å². The van der Waals surface area contributed by atoms with E-state index in [0.29, 0.717) is 23.2 Å². The van der Waals surface area contributed by atoms with Gasteiger partial charge in [-0.2, -0.15) is 5.26 Å². The highest BCUT2D eigenvalue weighted by atomic mass is 35.5. The summed E-state index contributed by atoms with van der Waals surface area (Å²) < 4.78 is 4.98. The van der Waals surface area contributed by atoms with E-state index >= 15 is 0 Å². The Morgan fingerprint density at radius 1 is 1.58 bits per heavy atom. The van der Waals surface area contributed by atoms with Crippen LogP contribution >= 0.6 is 11.6 Å². The van der Waals surface area contributed by atoms with Crippen LogP contribution in [0.2, 0.25) is 5.02 Å². The Hall–Kier alpha value is -1.73. The lowest BCUT2D eigenvalue weighted by atomic mass is 10.1. The van der Waals surface area contributed by atoms with E-state index < -0.39 is 0 Å². The molecule has 0 N–H and O–H groups in total. The van der Waals surface area contributed by atoms with Gasteiger partial charge in [0.25, 0.3) is 0 Å². The molecule has 4 nitrogen and oxygen atoms in total. The van der Waals surface area contributed by atoms with E-state index in [4.69, 9.17) is 16.3 Å². The maximum absolute atomic E-state index is 11.7. The Morgan fingerprint density at radius 3 is 2.89 bits per heavy atom. The zero-order valence-corrected chi connectivity index (χ0v) is 11.5. The van der Waals surface area contributed by atoms with Crippen LogP contribution in [0.3, 0.4) is 0 Å². The molecule has 0 saturated heterocycles. The normalized spacial score (nSPS) is 13.7. The lowest BCUT2D eigenvalue weighted by Gasteiger charge is -2.24. The molecular weight excluding hydrogens is 264 g/mol. The highest BCUT2D eigenvalue weighted by Gasteiger charge is 2.32. The summed E-state index contributed by atoms with van der Waals surface area (Å²) in [6, 6.07) is 7.59. The number of carbonyl (C=O) groups excluding carboxylic acids is 1. The molecule has 1 fully saturated rings. The molecule has 0 spiro atoms. The molecule has 5 heteroatoms. The lowest BCUT2D eigenvalue weighted by molar-refractivity contribution is -0.141. The molecule has 0 atom stereocenters. The second-order valence-electron chi connectivity index (χ2n) is 4.44. The van der Waals surface area contributed by atoms with Gasteiger partial charge in [0.15, 0.2) is 0 Å². The van der Waals surface area contributed by atoms with Crippen LogP contribution < -0.4 is 4.90 Å². The number of nitriles is 1. The molecular formula is C14H15ClN2O2. The average Bonchev–Trinajstić information content (AvgIpc) is 3.21. The maximum Gasteiger partial charge on any atom is 0.325 e. The zero-order chi connectivity index (χ0) is 13.8. The highest BCUT2D eigenvalue weighted by Crippen LogP contribution is 2.34. The molecule has 0 aliphatic heterocycles. The van der Waals surface area contributed by atoms with Crippen molar-refractivity contribution in [3.8, 4) is 6.07 Å². The van der Waals surface area contributed by atoms with Gasteiger partial charge < -0.3 is 9.64 Å². The van der Waals surface area contributed by atoms with Crippen molar-refractivity contribution in [1.82, 2.24) is 0 Å². The fourth-order valence-corrected chi connectivity index (χ4v) is 2.16. The first kappa shape index (κ1) is 13.7. The first-order valence-electron chi connectivity index (χ1n) is 6.27. The van der Waals surface area contributed by atoms with E-state index in [2.05, 4.69) is 6.07 Å². The molecule has 1 aliphatic rings. The van der Waals surface area contributed by atoms with E-state index in [1.807, 2.05) is 4.90 Å². The predicted molar refractivity (Wildman–Crippen MR) is 73.2 cm³/mol. The maximum atomic E-state index is 11.7. The highest BCUT2D eigenvalue weighted by molar-refractivity contribution is 6.30. The van der Waals surface area contributed by atoms with Crippen LogP contribution in [0, 0.1) is 11.3 Å². The Bertz CT molecular complexity index is 521. The minimum absolute atomic E-state index is 0.175. The van der Waals surface area contributed by atoms with Gasteiger partial charge in [0.2, 0.25) is 0 Å². The fraction of sp³-hybridized carbons (Fsp3) is 0.429. The minimum atomic E-state index is -0.270. The van der Waals surface area contributed by atoms with E-state index in [1.54, 1.807) is 25.1 Å². The van der Waals surface area contributed by atoms with Crippen LogP contribution in [0.5, 0.6) is 0 Å². The summed E-state index contributed by atoms with van der Waals surface area (Å²) in [6.07, 6.45) is 2.07. The SMILES string of the molecule is CCOC(=O)CN(c1ccc(Cl)cc1C#N)C1CC1. The van der Waals surface area contributed by atoms with Crippen LogP contribution in [0.4, 0.5) is 5.69 Å². The van der Waals surface area contributed by atoms with Gasteiger partial charge in [-0.1, -0.05) is 11.6 Å². The first-order valence-corrected chi connectivity index (χ1v) is 6.65. The van der Waals surface area contributed by atoms with Gasteiger partial charge >= 0.3 is 5.97 Å². The molecule has 2 rings (SSSR count). The van der Waals surface area contributed by atoms with E-state index in [9.17, 15) is 10.1 Å². The third-order valence-electron chi connectivity index (χ3n) is 2.98. The molecule has 1 aromatic carbocycles. The number of rotatable bonds is 5. The Balaban J connectivity index is 2.24. The van der Waals surface area contributed by atoms with Crippen molar-refractivity contribution in [2.45, 2.75) is 25.8 Å². The van der Waals surface area contributed by atoms with Gasteiger partial charge in [-0.25, -0.2) is 0 Å². The second-order valence-corrected chi connectivity index (χ2v) is 4.87. The number of carbonyl (C=O) groups is 1. The monoisotopic (exact) mass is 278 g/mol. The van der Waals surface area contributed by atoms with Crippen LogP contribution in [-0.4, -0.2) is 25.2 Å². The van der Waals surface area contributed by atoms with Crippen LogP contribution in [0.1, 0.15) is 25.3 Å². The van der Waals surface area contributed by atoms with Gasteiger partial charge in [-0.05, 0) is 38.0 Å². The predicted octanol–water partition coefficient (Wildman–Crippen LogP) is 2.74. The summed E-state index contributed by atoms with van der Waals surface area (Å²) in [4.78, 5) is 13.6. The topological polar surface area (TPSA) is 53.3 Å². The molecule has 19 heavy (non-hydrogen) atoms. The van der Waals surface area contributed by atoms with Crippen molar-refractivity contribution in [2.24, 2.45) is 0 Å². The molecule has 0 heterocycles. The number of nitrogens with zero attached hydrogens (tertiary/aromatic N) is 2. The average molecular weight is 279 g/mol. The summed E-state index contributed by atoms with van der Waals surface area (Å²) in [7, 11) is 0. The smallest absolute Gasteiger partial charge is 0.325 e. The fourth-order valence-electron chi connectivity index (χ4n) is 1.99. The Kier molecular flexibility index (Phi) is 4.28. The first-order chi connectivity index (χ1) is 9.15. The summed E-state index contributed by atoms with van der Waals surface area (Å²) in [5.41, 5.74) is 1.24. The zero-order valence-electron chi connectivity index (χ0n) is 10.7. The van der Waals surface area contributed by atoms with Crippen LogP contribution in [0.15, 0.2) is 18.2 Å². The molecule has 0 radical (unpaired) electrons. The number of hydrogen-bond acceptors (Lipinski definition) is 4. The molecule has 1 saturated carbocycles. The number of benzene rings is 1. The number of esters is 1. The number of ether oxygens (including phenoxy) is 1. The summed E-state index contributed by atoms with van der Waals surface area (Å²) in [5, 5.41) is 9.70. The summed E-state index contributed by atoms with van der Waals surface area (Å²) in [6.45, 7) is 2.32. The van der Waals surface area contributed by atoms with Crippen molar-refractivity contribution in [2.75, 3.05) is 18.1 Å². The molecule has 0 amide bonds. The largest absolute Gasteiger partial charge is 0.465 e. The number of anilines is 1. The molecule has 1 aliphatic carbocycles. The standard InChI is InChI=1S/C14H15ClN2O2/c1-2-19-14(18)9-17(12-4-5-12)13-6-3-11(15)7-10(13)8-16/h3,6-7,12H,2,4-5,9H2,1H3. The molecule has 100 valence electrons. The molecule has 1 aromatic rings.